The number of aromatic hydroxyl groups is 1. The third kappa shape index (κ3) is 1.81. The highest BCUT2D eigenvalue weighted by Crippen LogP contribution is 2.42. The molecule has 16 heavy (non-hydrogen) atoms. The standard InChI is InChI=1S/C15H14O/c16-15-9-13(11-4-2-1-3-5-11)8-14(10-15)12-6-7-12/h1-5,8-10,12,16H,6-7H2. The first-order valence-electron chi connectivity index (χ1n) is 5.72. The van der Waals surface area contributed by atoms with Crippen molar-refractivity contribution in [2.75, 3.05) is 0 Å². The molecule has 1 N–H and O–H groups in total. The van der Waals surface area contributed by atoms with Crippen LogP contribution in [0.15, 0.2) is 48.5 Å². The topological polar surface area (TPSA) is 20.2 Å². The van der Waals surface area contributed by atoms with Gasteiger partial charge in [0.05, 0.1) is 0 Å². The Kier molecular flexibility index (Phi) is 2.17. The molecule has 0 amide bonds. The van der Waals surface area contributed by atoms with E-state index >= 15 is 0 Å². The van der Waals surface area contributed by atoms with Crippen LogP contribution < -0.4 is 0 Å². The number of hydrogen-bond donors (Lipinski definition) is 1. The zero-order valence-corrected chi connectivity index (χ0v) is 9.06. The Morgan fingerprint density at radius 3 is 2.31 bits per heavy atom. The molecule has 0 spiro atoms. The van der Waals surface area contributed by atoms with Crippen LogP contribution in [-0.4, -0.2) is 5.11 Å². The first-order valence-corrected chi connectivity index (χ1v) is 5.72. The molecule has 1 fully saturated rings. The Morgan fingerprint density at radius 2 is 1.62 bits per heavy atom. The molecule has 0 radical (unpaired) electrons. The van der Waals surface area contributed by atoms with Crippen LogP contribution in [0, 0.1) is 0 Å². The highest BCUT2D eigenvalue weighted by molar-refractivity contribution is 5.66. The lowest BCUT2D eigenvalue weighted by Crippen LogP contribution is -1.83. The van der Waals surface area contributed by atoms with Crippen LogP contribution in [0.2, 0.25) is 0 Å². The molecule has 0 bridgehead atoms. The van der Waals surface area contributed by atoms with E-state index in [1.807, 2.05) is 30.3 Å². The summed E-state index contributed by atoms with van der Waals surface area (Å²) in [6, 6.07) is 16.1. The zero-order chi connectivity index (χ0) is 11.0. The van der Waals surface area contributed by atoms with Crippen LogP contribution in [0.5, 0.6) is 5.75 Å². The van der Waals surface area contributed by atoms with E-state index in [9.17, 15) is 5.11 Å². The van der Waals surface area contributed by atoms with Crippen molar-refractivity contribution >= 4 is 0 Å². The molecule has 3 rings (SSSR count). The highest BCUT2D eigenvalue weighted by atomic mass is 16.3. The quantitative estimate of drug-likeness (QED) is 0.796. The van der Waals surface area contributed by atoms with Gasteiger partial charge in [-0.15, -0.1) is 0 Å². The molecule has 80 valence electrons. The van der Waals surface area contributed by atoms with Gasteiger partial charge in [0.25, 0.3) is 0 Å². The lowest BCUT2D eigenvalue weighted by Gasteiger charge is -2.06. The van der Waals surface area contributed by atoms with Crippen molar-refractivity contribution in [3.63, 3.8) is 0 Å². The van der Waals surface area contributed by atoms with E-state index in [0.29, 0.717) is 11.7 Å². The fraction of sp³-hybridized carbons (Fsp3) is 0.200. The first-order chi connectivity index (χ1) is 7.83. The summed E-state index contributed by atoms with van der Waals surface area (Å²) in [6.45, 7) is 0. The largest absolute Gasteiger partial charge is 0.508 e. The van der Waals surface area contributed by atoms with E-state index in [0.717, 1.165) is 5.56 Å². The Hall–Kier alpha value is -1.76. The van der Waals surface area contributed by atoms with Crippen LogP contribution in [0.25, 0.3) is 11.1 Å². The Labute approximate surface area is 95.4 Å². The number of rotatable bonds is 2. The van der Waals surface area contributed by atoms with E-state index in [1.54, 1.807) is 0 Å². The summed E-state index contributed by atoms with van der Waals surface area (Å²) in [5, 5.41) is 9.73. The number of benzene rings is 2. The normalized spacial score (nSPS) is 15.0. The van der Waals surface area contributed by atoms with Crippen molar-refractivity contribution in [3.8, 4) is 16.9 Å². The molecular formula is C15H14O. The van der Waals surface area contributed by atoms with Gasteiger partial charge in [0.1, 0.15) is 5.75 Å². The van der Waals surface area contributed by atoms with Crippen LogP contribution >= 0.6 is 0 Å². The highest BCUT2D eigenvalue weighted by Gasteiger charge is 2.24. The summed E-state index contributed by atoms with van der Waals surface area (Å²) in [5.41, 5.74) is 3.56. The fourth-order valence-corrected chi connectivity index (χ4v) is 2.08. The SMILES string of the molecule is Oc1cc(-c2ccccc2)cc(C2CC2)c1. The van der Waals surface area contributed by atoms with Crippen molar-refractivity contribution < 1.29 is 5.11 Å². The third-order valence-electron chi connectivity index (χ3n) is 3.10. The van der Waals surface area contributed by atoms with Gasteiger partial charge >= 0.3 is 0 Å². The minimum atomic E-state index is 0.378. The van der Waals surface area contributed by atoms with Gasteiger partial charge in [-0.3, -0.25) is 0 Å². The van der Waals surface area contributed by atoms with Gasteiger partial charge < -0.3 is 5.11 Å². The predicted molar refractivity (Wildman–Crippen MR) is 65.5 cm³/mol. The summed E-state index contributed by atoms with van der Waals surface area (Å²) >= 11 is 0. The Morgan fingerprint density at radius 1 is 0.875 bits per heavy atom. The molecule has 0 heterocycles. The zero-order valence-electron chi connectivity index (χ0n) is 9.06. The molecule has 1 aliphatic carbocycles. The molecule has 0 aromatic heterocycles. The summed E-state index contributed by atoms with van der Waals surface area (Å²) in [5.74, 6) is 1.05. The molecule has 0 atom stereocenters. The van der Waals surface area contributed by atoms with Gasteiger partial charge in [0.15, 0.2) is 0 Å². The molecule has 2 aromatic rings. The first kappa shape index (κ1) is 9.46. The molecule has 0 saturated heterocycles. The summed E-state index contributed by atoms with van der Waals surface area (Å²) < 4.78 is 0. The van der Waals surface area contributed by atoms with Gasteiger partial charge in [0.2, 0.25) is 0 Å². The third-order valence-corrected chi connectivity index (χ3v) is 3.10. The molecule has 1 aliphatic rings. The number of hydrogen-bond acceptors (Lipinski definition) is 1. The van der Waals surface area contributed by atoms with E-state index in [4.69, 9.17) is 0 Å². The summed E-state index contributed by atoms with van der Waals surface area (Å²) in [7, 11) is 0. The monoisotopic (exact) mass is 210 g/mol. The second-order valence-electron chi connectivity index (χ2n) is 4.45. The lowest BCUT2D eigenvalue weighted by molar-refractivity contribution is 0.475. The Balaban J connectivity index is 2.06. The molecule has 0 aliphatic heterocycles. The second-order valence-corrected chi connectivity index (χ2v) is 4.45. The van der Waals surface area contributed by atoms with Crippen molar-refractivity contribution in [1.29, 1.82) is 0 Å². The second kappa shape index (κ2) is 3.67. The fourth-order valence-electron chi connectivity index (χ4n) is 2.08. The summed E-state index contributed by atoms with van der Waals surface area (Å²) in [4.78, 5) is 0. The lowest BCUT2D eigenvalue weighted by atomic mass is 10.0. The van der Waals surface area contributed by atoms with Crippen LogP contribution in [0.3, 0.4) is 0 Å². The van der Waals surface area contributed by atoms with Crippen LogP contribution in [0.1, 0.15) is 24.3 Å². The minimum absolute atomic E-state index is 0.378. The van der Waals surface area contributed by atoms with E-state index in [1.165, 1.54) is 24.0 Å². The molecular weight excluding hydrogens is 196 g/mol. The van der Waals surface area contributed by atoms with Gasteiger partial charge in [-0.1, -0.05) is 36.4 Å². The van der Waals surface area contributed by atoms with E-state index < -0.39 is 0 Å². The molecule has 0 unspecified atom stereocenters. The van der Waals surface area contributed by atoms with Gasteiger partial charge in [-0.25, -0.2) is 0 Å². The van der Waals surface area contributed by atoms with Crippen molar-refractivity contribution in [1.82, 2.24) is 0 Å². The molecule has 1 nitrogen and oxygen atoms in total. The van der Waals surface area contributed by atoms with Gasteiger partial charge in [-0.2, -0.15) is 0 Å². The maximum Gasteiger partial charge on any atom is 0.116 e. The van der Waals surface area contributed by atoms with Gasteiger partial charge in [-0.05, 0) is 47.6 Å². The Bertz CT molecular complexity index is 498. The van der Waals surface area contributed by atoms with Crippen molar-refractivity contribution in [2.24, 2.45) is 0 Å². The van der Waals surface area contributed by atoms with Gasteiger partial charge in [0, 0.05) is 0 Å². The van der Waals surface area contributed by atoms with E-state index in [2.05, 4.69) is 18.2 Å². The molecule has 2 aromatic carbocycles. The van der Waals surface area contributed by atoms with Crippen molar-refractivity contribution in [2.45, 2.75) is 18.8 Å². The maximum absolute atomic E-state index is 9.73. The maximum atomic E-state index is 9.73. The number of phenolic OH excluding ortho intramolecular Hbond substituents is 1. The predicted octanol–water partition coefficient (Wildman–Crippen LogP) is 3.94. The molecule has 1 saturated carbocycles. The average Bonchev–Trinajstić information content (AvgIpc) is 3.13. The molecule has 1 heteroatoms. The van der Waals surface area contributed by atoms with Crippen LogP contribution in [-0.2, 0) is 0 Å². The van der Waals surface area contributed by atoms with Crippen LogP contribution in [0.4, 0.5) is 0 Å². The van der Waals surface area contributed by atoms with E-state index in [-0.39, 0.29) is 0 Å². The average molecular weight is 210 g/mol. The van der Waals surface area contributed by atoms with Crippen molar-refractivity contribution in [3.05, 3.63) is 54.1 Å². The number of phenols is 1. The minimum Gasteiger partial charge on any atom is -0.508 e. The summed E-state index contributed by atoms with van der Waals surface area (Å²) in [6.07, 6.45) is 2.52. The smallest absolute Gasteiger partial charge is 0.116 e.